The normalized spacial score (nSPS) is 14.6. The molecular weight excluding hydrogens is 405 g/mol. The Morgan fingerprint density at radius 2 is 2.00 bits per heavy atom. The summed E-state index contributed by atoms with van der Waals surface area (Å²) in [7, 11) is 0. The Morgan fingerprint density at radius 1 is 1.19 bits per heavy atom. The minimum atomic E-state index is -0.492. The van der Waals surface area contributed by atoms with Crippen molar-refractivity contribution >= 4 is 44.2 Å². The SMILES string of the molecule is O=C(Nc1cc(F)c2nc(N3CCOCC3)ccc2c1)c1ccc(Br)o1. The van der Waals surface area contributed by atoms with Crippen LogP contribution in [0.3, 0.4) is 0 Å². The van der Waals surface area contributed by atoms with Gasteiger partial charge in [0, 0.05) is 24.2 Å². The number of ether oxygens (including phenoxy) is 1. The molecule has 1 aliphatic rings. The molecule has 0 aliphatic carbocycles. The molecule has 0 radical (unpaired) electrons. The molecule has 0 bridgehead atoms. The number of pyridine rings is 1. The predicted molar refractivity (Wildman–Crippen MR) is 99.1 cm³/mol. The fourth-order valence-electron chi connectivity index (χ4n) is 2.85. The number of hydrogen-bond donors (Lipinski definition) is 1. The number of nitrogens with zero attached hydrogens (tertiary/aromatic N) is 2. The first kappa shape index (κ1) is 17.0. The first-order valence-electron chi connectivity index (χ1n) is 8.10. The van der Waals surface area contributed by atoms with Gasteiger partial charge >= 0.3 is 0 Å². The van der Waals surface area contributed by atoms with E-state index in [9.17, 15) is 9.18 Å². The van der Waals surface area contributed by atoms with Gasteiger partial charge in [-0.25, -0.2) is 9.37 Å². The number of aromatic nitrogens is 1. The van der Waals surface area contributed by atoms with Gasteiger partial charge in [0.05, 0.1) is 13.2 Å². The number of halogens is 2. The van der Waals surface area contributed by atoms with E-state index >= 15 is 0 Å². The van der Waals surface area contributed by atoms with Gasteiger partial charge in [-0.15, -0.1) is 0 Å². The first-order chi connectivity index (χ1) is 12.6. The minimum Gasteiger partial charge on any atom is -0.444 e. The van der Waals surface area contributed by atoms with E-state index in [1.54, 1.807) is 18.2 Å². The van der Waals surface area contributed by atoms with Gasteiger partial charge < -0.3 is 19.4 Å². The van der Waals surface area contributed by atoms with Gasteiger partial charge in [0.2, 0.25) is 0 Å². The second-order valence-electron chi connectivity index (χ2n) is 5.86. The third-order valence-electron chi connectivity index (χ3n) is 4.12. The average Bonchev–Trinajstić information content (AvgIpc) is 3.09. The van der Waals surface area contributed by atoms with Crippen molar-refractivity contribution in [2.24, 2.45) is 0 Å². The molecule has 2 aromatic heterocycles. The highest BCUT2D eigenvalue weighted by Gasteiger charge is 2.16. The molecule has 134 valence electrons. The highest BCUT2D eigenvalue weighted by molar-refractivity contribution is 9.10. The smallest absolute Gasteiger partial charge is 0.291 e. The maximum atomic E-state index is 14.6. The van der Waals surface area contributed by atoms with Crippen LogP contribution < -0.4 is 10.2 Å². The summed E-state index contributed by atoms with van der Waals surface area (Å²) in [5.74, 6) is -0.0871. The van der Waals surface area contributed by atoms with E-state index in [-0.39, 0.29) is 11.3 Å². The monoisotopic (exact) mass is 419 g/mol. The van der Waals surface area contributed by atoms with Gasteiger partial charge in [-0.05, 0) is 52.3 Å². The van der Waals surface area contributed by atoms with E-state index in [2.05, 4.69) is 31.1 Å². The van der Waals surface area contributed by atoms with Gasteiger partial charge in [0.1, 0.15) is 11.3 Å². The zero-order chi connectivity index (χ0) is 18.1. The van der Waals surface area contributed by atoms with Crippen molar-refractivity contribution in [2.75, 3.05) is 36.5 Å². The Bertz CT molecular complexity index is 969. The Morgan fingerprint density at radius 3 is 2.73 bits per heavy atom. The van der Waals surface area contributed by atoms with Crippen LogP contribution in [0.4, 0.5) is 15.9 Å². The number of rotatable bonds is 3. The van der Waals surface area contributed by atoms with Crippen LogP contribution in [0.1, 0.15) is 10.6 Å². The Kier molecular flexibility index (Phi) is 4.60. The van der Waals surface area contributed by atoms with E-state index in [0.717, 1.165) is 18.9 Å². The van der Waals surface area contributed by atoms with E-state index in [1.807, 2.05) is 6.07 Å². The van der Waals surface area contributed by atoms with Crippen molar-refractivity contribution in [3.8, 4) is 0 Å². The molecule has 1 fully saturated rings. The van der Waals surface area contributed by atoms with Crippen molar-refractivity contribution in [1.29, 1.82) is 0 Å². The molecule has 0 atom stereocenters. The number of fused-ring (bicyclic) bond motifs is 1. The van der Waals surface area contributed by atoms with Crippen LogP contribution in [0.5, 0.6) is 0 Å². The summed E-state index contributed by atoms with van der Waals surface area (Å²) in [6, 6.07) is 9.75. The van der Waals surface area contributed by atoms with E-state index in [1.165, 1.54) is 12.1 Å². The summed E-state index contributed by atoms with van der Waals surface area (Å²) in [6.07, 6.45) is 0. The molecule has 0 unspecified atom stereocenters. The Hall–Kier alpha value is -2.45. The second kappa shape index (κ2) is 7.05. The van der Waals surface area contributed by atoms with Crippen LogP contribution in [0.25, 0.3) is 10.9 Å². The molecule has 26 heavy (non-hydrogen) atoms. The average molecular weight is 420 g/mol. The summed E-state index contributed by atoms with van der Waals surface area (Å²) in [5.41, 5.74) is 0.612. The summed E-state index contributed by atoms with van der Waals surface area (Å²) in [6.45, 7) is 2.73. The summed E-state index contributed by atoms with van der Waals surface area (Å²) in [4.78, 5) is 18.7. The Labute approximate surface area is 157 Å². The summed E-state index contributed by atoms with van der Waals surface area (Å²) in [5, 5.41) is 3.24. The third-order valence-corrected chi connectivity index (χ3v) is 4.55. The lowest BCUT2D eigenvalue weighted by atomic mass is 10.1. The molecule has 3 heterocycles. The molecule has 3 aromatic rings. The number of amides is 1. The lowest BCUT2D eigenvalue weighted by Crippen LogP contribution is -2.36. The lowest BCUT2D eigenvalue weighted by molar-refractivity contribution is 0.0995. The molecule has 1 amide bonds. The zero-order valence-corrected chi connectivity index (χ0v) is 15.3. The van der Waals surface area contributed by atoms with Crippen molar-refractivity contribution < 1.29 is 18.3 Å². The fourth-order valence-corrected chi connectivity index (χ4v) is 3.16. The number of carbonyl (C=O) groups is 1. The van der Waals surface area contributed by atoms with Crippen LogP contribution in [-0.4, -0.2) is 37.2 Å². The van der Waals surface area contributed by atoms with Gasteiger partial charge in [0.15, 0.2) is 16.2 Å². The van der Waals surface area contributed by atoms with Crippen LogP contribution in [0, 0.1) is 5.82 Å². The van der Waals surface area contributed by atoms with Gasteiger partial charge in [-0.2, -0.15) is 0 Å². The van der Waals surface area contributed by atoms with Crippen LogP contribution in [0.2, 0.25) is 0 Å². The minimum absolute atomic E-state index is 0.137. The van der Waals surface area contributed by atoms with E-state index < -0.39 is 11.7 Å². The highest BCUT2D eigenvalue weighted by atomic mass is 79.9. The number of morpholine rings is 1. The lowest BCUT2D eigenvalue weighted by Gasteiger charge is -2.27. The molecule has 6 nitrogen and oxygen atoms in total. The van der Waals surface area contributed by atoms with Gasteiger partial charge in [-0.3, -0.25) is 4.79 Å². The topological polar surface area (TPSA) is 67.6 Å². The highest BCUT2D eigenvalue weighted by Crippen LogP contribution is 2.25. The first-order valence-corrected chi connectivity index (χ1v) is 8.89. The number of hydrogen-bond acceptors (Lipinski definition) is 5. The molecule has 1 aromatic carbocycles. The van der Waals surface area contributed by atoms with Crippen molar-refractivity contribution in [3.63, 3.8) is 0 Å². The van der Waals surface area contributed by atoms with Crippen LogP contribution >= 0.6 is 15.9 Å². The summed E-state index contributed by atoms with van der Waals surface area (Å²) >= 11 is 3.14. The molecule has 1 saturated heterocycles. The number of carbonyl (C=O) groups excluding carboxylic acids is 1. The van der Waals surface area contributed by atoms with Gasteiger partial charge in [0.25, 0.3) is 5.91 Å². The maximum Gasteiger partial charge on any atom is 0.291 e. The maximum absolute atomic E-state index is 14.6. The fraction of sp³-hybridized carbons (Fsp3) is 0.222. The predicted octanol–water partition coefficient (Wildman–Crippen LogP) is 3.82. The number of furan rings is 1. The standard InChI is InChI=1S/C18H15BrFN3O3/c19-15-3-2-14(26-15)18(24)21-12-9-11-1-4-16(22-17(11)13(20)10-12)23-5-7-25-8-6-23/h1-4,9-10H,5-8H2,(H,21,24). The second-order valence-corrected chi connectivity index (χ2v) is 6.64. The zero-order valence-electron chi connectivity index (χ0n) is 13.7. The summed E-state index contributed by atoms with van der Waals surface area (Å²) < 4.78 is 25.5. The number of nitrogens with one attached hydrogen (secondary N) is 1. The van der Waals surface area contributed by atoms with Crippen LogP contribution in [-0.2, 0) is 4.74 Å². The number of anilines is 2. The van der Waals surface area contributed by atoms with E-state index in [0.29, 0.717) is 29.0 Å². The molecule has 0 saturated carbocycles. The molecule has 1 N–H and O–H groups in total. The Balaban J connectivity index is 1.61. The molecule has 8 heteroatoms. The van der Waals surface area contributed by atoms with Crippen LogP contribution in [0.15, 0.2) is 45.5 Å². The number of benzene rings is 1. The quantitative estimate of drug-likeness (QED) is 0.698. The molecular formula is C18H15BrFN3O3. The van der Waals surface area contributed by atoms with Crippen molar-refractivity contribution in [2.45, 2.75) is 0 Å². The molecule has 1 aliphatic heterocycles. The van der Waals surface area contributed by atoms with Crippen molar-refractivity contribution in [1.82, 2.24) is 4.98 Å². The van der Waals surface area contributed by atoms with Gasteiger partial charge in [-0.1, -0.05) is 0 Å². The largest absolute Gasteiger partial charge is 0.444 e. The third kappa shape index (κ3) is 3.42. The van der Waals surface area contributed by atoms with E-state index in [4.69, 9.17) is 9.15 Å². The molecule has 0 spiro atoms. The molecule has 4 rings (SSSR count). The van der Waals surface area contributed by atoms with Crippen molar-refractivity contribution in [3.05, 3.63) is 52.6 Å².